The van der Waals surface area contributed by atoms with E-state index in [1.54, 1.807) is 6.92 Å². The first-order valence-electron chi connectivity index (χ1n) is 10.2. The molecule has 0 saturated carbocycles. The predicted octanol–water partition coefficient (Wildman–Crippen LogP) is 5.10. The maximum absolute atomic E-state index is 12.7. The molecule has 7 heteroatoms. The molecule has 2 N–H and O–H groups in total. The molecule has 1 atom stereocenters. The number of carbonyl (C=O) groups is 2. The van der Waals surface area contributed by atoms with Gasteiger partial charge in [0.1, 0.15) is 12.3 Å². The molecule has 0 aliphatic rings. The predicted molar refractivity (Wildman–Crippen MR) is 123 cm³/mol. The van der Waals surface area contributed by atoms with Crippen molar-refractivity contribution in [3.63, 3.8) is 0 Å². The Bertz CT molecular complexity index is 1050. The number of hydrogen-bond donors (Lipinski definition) is 2. The molecule has 1 heterocycles. The molecular weight excluding hydrogens is 410 g/mol. The smallest absolute Gasteiger partial charge is 0.353 e. The van der Waals surface area contributed by atoms with Gasteiger partial charge < -0.3 is 10.1 Å². The molecule has 2 aromatic carbocycles. The Morgan fingerprint density at radius 3 is 2.42 bits per heavy atom. The van der Waals surface area contributed by atoms with Crippen LogP contribution in [0.3, 0.4) is 0 Å². The SMILES string of the molecule is CCc1ccc(-c2csc(NC(=O)C(CC)C(=N)C(=O)OCc3ccccc3)n2)cc1. The molecule has 0 fully saturated rings. The minimum Gasteiger partial charge on any atom is -0.456 e. The average molecular weight is 436 g/mol. The highest BCUT2D eigenvalue weighted by molar-refractivity contribution is 7.14. The number of thiazole rings is 1. The largest absolute Gasteiger partial charge is 0.456 e. The van der Waals surface area contributed by atoms with Gasteiger partial charge in [0, 0.05) is 10.9 Å². The van der Waals surface area contributed by atoms with E-state index in [1.165, 1.54) is 16.9 Å². The second-order valence-corrected chi connectivity index (χ2v) is 7.87. The highest BCUT2D eigenvalue weighted by atomic mass is 32.1. The lowest BCUT2D eigenvalue weighted by molar-refractivity contribution is -0.137. The fourth-order valence-corrected chi connectivity index (χ4v) is 3.75. The number of nitrogens with one attached hydrogen (secondary N) is 2. The summed E-state index contributed by atoms with van der Waals surface area (Å²) in [6, 6.07) is 17.3. The summed E-state index contributed by atoms with van der Waals surface area (Å²) >= 11 is 1.31. The molecule has 3 aromatic rings. The lowest BCUT2D eigenvalue weighted by Crippen LogP contribution is -2.34. The standard InChI is InChI=1S/C24H25N3O3S/c1-3-16-10-12-18(13-11-16)20-15-31-24(26-20)27-22(28)19(4-2)21(25)23(29)30-14-17-8-6-5-7-9-17/h5-13,15,19,25H,3-4,14H2,1-2H3,(H,26,27,28). The van der Waals surface area contributed by atoms with Crippen LogP contribution in [0.1, 0.15) is 31.4 Å². The number of amides is 1. The van der Waals surface area contributed by atoms with Crippen LogP contribution in [0.5, 0.6) is 0 Å². The highest BCUT2D eigenvalue weighted by Gasteiger charge is 2.28. The van der Waals surface area contributed by atoms with Crippen LogP contribution in [0.25, 0.3) is 11.3 Å². The Hall–Kier alpha value is -3.32. The zero-order chi connectivity index (χ0) is 22.2. The van der Waals surface area contributed by atoms with Gasteiger partial charge in [-0.1, -0.05) is 68.4 Å². The van der Waals surface area contributed by atoms with Gasteiger partial charge >= 0.3 is 5.97 Å². The third kappa shape index (κ3) is 5.86. The normalized spacial score (nSPS) is 11.5. The van der Waals surface area contributed by atoms with Crippen LogP contribution in [-0.4, -0.2) is 22.6 Å². The number of nitrogens with zero attached hydrogens (tertiary/aromatic N) is 1. The number of esters is 1. The van der Waals surface area contributed by atoms with Crippen molar-refractivity contribution in [3.05, 3.63) is 71.1 Å². The number of hydrogen-bond acceptors (Lipinski definition) is 6. The number of ether oxygens (including phenoxy) is 1. The van der Waals surface area contributed by atoms with Gasteiger partial charge in [-0.3, -0.25) is 10.2 Å². The maximum atomic E-state index is 12.7. The van der Waals surface area contributed by atoms with E-state index in [0.29, 0.717) is 11.6 Å². The molecular formula is C24H25N3O3S. The van der Waals surface area contributed by atoms with Crippen LogP contribution >= 0.6 is 11.3 Å². The molecule has 0 spiro atoms. The molecule has 1 amide bonds. The van der Waals surface area contributed by atoms with E-state index in [2.05, 4.69) is 29.4 Å². The van der Waals surface area contributed by atoms with Crippen LogP contribution in [0.15, 0.2) is 60.0 Å². The van der Waals surface area contributed by atoms with Crippen molar-refractivity contribution in [1.29, 1.82) is 5.41 Å². The summed E-state index contributed by atoms with van der Waals surface area (Å²) in [6.07, 6.45) is 1.28. The maximum Gasteiger partial charge on any atom is 0.353 e. The fourth-order valence-electron chi connectivity index (χ4n) is 3.03. The zero-order valence-corrected chi connectivity index (χ0v) is 18.4. The number of rotatable bonds is 9. The molecule has 6 nitrogen and oxygen atoms in total. The average Bonchev–Trinajstić information content (AvgIpc) is 3.27. The minimum atomic E-state index is -0.903. The number of aryl methyl sites for hydroxylation is 1. The molecule has 0 aliphatic carbocycles. The van der Waals surface area contributed by atoms with E-state index < -0.39 is 17.8 Å². The van der Waals surface area contributed by atoms with E-state index in [9.17, 15) is 9.59 Å². The molecule has 0 saturated heterocycles. The van der Waals surface area contributed by atoms with Gasteiger partial charge in [-0.25, -0.2) is 9.78 Å². The van der Waals surface area contributed by atoms with Crippen molar-refractivity contribution in [2.75, 3.05) is 5.32 Å². The van der Waals surface area contributed by atoms with Crippen molar-refractivity contribution in [1.82, 2.24) is 4.98 Å². The van der Waals surface area contributed by atoms with Crippen molar-refractivity contribution >= 4 is 34.1 Å². The minimum absolute atomic E-state index is 0.0623. The summed E-state index contributed by atoms with van der Waals surface area (Å²) in [5, 5.41) is 13.2. The molecule has 1 unspecified atom stereocenters. The molecule has 31 heavy (non-hydrogen) atoms. The van der Waals surface area contributed by atoms with Gasteiger partial charge in [0.25, 0.3) is 0 Å². The molecule has 0 aliphatic heterocycles. The van der Waals surface area contributed by atoms with E-state index in [4.69, 9.17) is 10.1 Å². The van der Waals surface area contributed by atoms with Crippen molar-refractivity contribution in [2.45, 2.75) is 33.3 Å². The van der Waals surface area contributed by atoms with Crippen LogP contribution < -0.4 is 5.32 Å². The Kier molecular flexibility index (Phi) is 7.67. The quantitative estimate of drug-likeness (QED) is 0.361. The topological polar surface area (TPSA) is 92.1 Å². The summed E-state index contributed by atoms with van der Waals surface area (Å²) in [6.45, 7) is 3.92. The van der Waals surface area contributed by atoms with E-state index >= 15 is 0 Å². The van der Waals surface area contributed by atoms with Crippen LogP contribution in [-0.2, 0) is 27.4 Å². The number of aromatic nitrogens is 1. The van der Waals surface area contributed by atoms with Gasteiger partial charge in [0.15, 0.2) is 5.13 Å². The molecule has 3 rings (SSSR count). The Morgan fingerprint density at radius 2 is 1.77 bits per heavy atom. The summed E-state index contributed by atoms with van der Waals surface area (Å²) in [7, 11) is 0. The molecule has 0 radical (unpaired) electrons. The molecule has 160 valence electrons. The summed E-state index contributed by atoms with van der Waals surface area (Å²) in [5.74, 6) is -2.13. The van der Waals surface area contributed by atoms with Gasteiger partial charge in [-0.2, -0.15) is 0 Å². The Labute approximate surface area is 185 Å². The fraction of sp³-hybridized carbons (Fsp3) is 0.250. The second-order valence-electron chi connectivity index (χ2n) is 7.01. The van der Waals surface area contributed by atoms with Crippen molar-refractivity contribution in [3.8, 4) is 11.3 Å². The lowest BCUT2D eigenvalue weighted by atomic mass is 9.99. The van der Waals surface area contributed by atoms with Gasteiger partial charge in [0.2, 0.25) is 5.91 Å². The van der Waals surface area contributed by atoms with E-state index in [-0.39, 0.29) is 12.3 Å². The van der Waals surface area contributed by atoms with E-state index in [0.717, 1.165) is 23.2 Å². The number of anilines is 1. The van der Waals surface area contributed by atoms with Crippen LogP contribution in [0.2, 0.25) is 0 Å². The second kappa shape index (κ2) is 10.6. The molecule has 1 aromatic heterocycles. The van der Waals surface area contributed by atoms with Gasteiger partial charge in [-0.15, -0.1) is 11.3 Å². The Balaban J connectivity index is 1.60. The lowest BCUT2D eigenvalue weighted by Gasteiger charge is -2.14. The number of benzene rings is 2. The van der Waals surface area contributed by atoms with Crippen LogP contribution in [0, 0.1) is 11.3 Å². The van der Waals surface area contributed by atoms with Crippen molar-refractivity contribution < 1.29 is 14.3 Å². The summed E-state index contributed by atoms with van der Waals surface area (Å²) in [4.78, 5) is 29.4. The third-order valence-electron chi connectivity index (χ3n) is 4.90. The van der Waals surface area contributed by atoms with Gasteiger partial charge in [-0.05, 0) is 24.0 Å². The first kappa shape index (κ1) is 22.4. The Morgan fingerprint density at radius 1 is 1.06 bits per heavy atom. The monoisotopic (exact) mass is 435 g/mol. The van der Waals surface area contributed by atoms with Crippen molar-refractivity contribution in [2.24, 2.45) is 5.92 Å². The first-order valence-corrected chi connectivity index (χ1v) is 11.0. The van der Waals surface area contributed by atoms with Gasteiger partial charge in [0.05, 0.1) is 11.6 Å². The summed E-state index contributed by atoms with van der Waals surface area (Å²) in [5.41, 5.74) is 3.45. The first-order chi connectivity index (χ1) is 15.0. The van der Waals surface area contributed by atoms with E-state index in [1.807, 2.05) is 47.8 Å². The van der Waals surface area contributed by atoms with Crippen LogP contribution in [0.4, 0.5) is 5.13 Å². The zero-order valence-electron chi connectivity index (χ0n) is 17.6. The molecule has 0 bridgehead atoms. The highest BCUT2D eigenvalue weighted by Crippen LogP contribution is 2.26. The third-order valence-corrected chi connectivity index (χ3v) is 5.66. The summed E-state index contributed by atoms with van der Waals surface area (Å²) < 4.78 is 5.20. The number of carbonyl (C=O) groups excluding carboxylic acids is 2.